The number of allylic oxidation sites excluding steroid dienone is 2. The van der Waals surface area contributed by atoms with Gasteiger partial charge < -0.3 is 19.7 Å². The Hall–Kier alpha value is -2.64. The van der Waals surface area contributed by atoms with Crippen molar-refractivity contribution in [2.45, 2.75) is 0 Å². The van der Waals surface area contributed by atoms with Crippen molar-refractivity contribution >= 4 is 23.5 Å². The third kappa shape index (κ3) is 1.83. The van der Waals surface area contributed by atoms with Crippen LogP contribution in [-0.4, -0.2) is 47.9 Å². The Morgan fingerprint density at radius 3 is 1.33 bits per heavy atom. The molecule has 0 amide bonds. The van der Waals surface area contributed by atoms with E-state index in [2.05, 4.69) is 9.47 Å². The van der Waals surface area contributed by atoms with E-state index in [0.717, 1.165) is 14.2 Å². The minimum atomic E-state index is -1.39. The number of aliphatic hydroxyl groups excluding tert-OH is 2. The van der Waals surface area contributed by atoms with Crippen molar-refractivity contribution in [3.8, 4) is 0 Å². The summed E-state index contributed by atoms with van der Waals surface area (Å²) in [5.41, 5.74) is -2.07. The molecule has 0 aromatic heterocycles. The standard InChI is InChI=1S/C10H8O8/c1-17-9(15)3-5(11)7(13)4(10(16)18-2)8(14)6(3)12/h11,14H,1-2H3. The summed E-state index contributed by atoms with van der Waals surface area (Å²) in [6, 6.07) is 0. The highest BCUT2D eigenvalue weighted by atomic mass is 16.5. The summed E-state index contributed by atoms with van der Waals surface area (Å²) in [5, 5.41) is 18.8. The predicted octanol–water partition coefficient (Wildman–Crippen LogP) is -0.892. The van der Waals surface area contributed by atoms with Crippen LogP contribution in [0.1, 0.15) is 0 Å². The van der Waals surface area contributed by atoms with Crippen LogP contribution in [0.25, 0.3) is 0 Å². The van der Waals surface area contributed by atoms with E-state index in [0.29, 0.717) is 0 Å². The van der Waals surface area contributed by atoms with Crippen molar-refractivity contribution in [1.82, 2.24) is 0 Å². The molecule has 0 radical (unpaired) electrons. The van der Waals surface area contributed by atoms with Crippen LogP contribution in [0.15, 0.2) is 22.7 Å². The number of esters is 2. The number of rotatable bonds is 2. The van der Waals surface area contributed by atoms with E-state index in [-0.39, 0.29) is 0 Å². The quantitative estimate of drug-likeness (QED) is 0.370. The second-order valence-electron chi connectivity index (χ2n) is 3.09. The third-order valence-electron chi connectivity index (χ3n) is 2.14. The van der Waals surface area contributed by atoms with Crippen LogP contribution in [0.2, 0.25) is 0 Å². The Morgan fingerprint density at radius 2 is 1.11 bits per heavy atom. The van der Waals surface area contributed by atoms with Crippen LogP contribution in [0, 0.1) is 0 Å². The van der Waals surface area contributed by atoms with E-state index < -0.39 is 46.2 Å². The minimum absolute atomic E-state index is 0.914. The topological polar surface area (TPSA) is 127 Å². The summed E-state index contributed by atoms with van der Waals surface area (Å²) >= 11 is 0. The maximum Gasteiger partial charge on any atom is 0.345 e. The van der Waals surface area contributed by atoms with Crippen LogP contribution < -0.4 is 0 Å². The maximum absolute atomic E-state index is 11.5. The molecule has 0 spiro atoms. The summed E-state index contributed by atoms with van der Waals surface area (Å²) < 4.78 is 8.34. The zero-order valence-corrected chi connectivity index (χ0v) is 9.34. The molecule has 96 valence electrons. The van der Waals surface area contributed by atoms with E-state index >= 15 is 0 Å². The van der Waals surface area contributed by atoms with Crippen LogP contribution in [0.3, 0.4) is 0 Å². The van der Waals surface area contributed by atoms with Gasteiger partial charge in [0.25, 0.3) is 0 Å². The third-order valence-corrected chi connectivity index (χ3v) is 2.14. The Kier molecular flexibility index (Phi) is 3.50. The van der Waals surface area contributed by atoms with E-state index in [1.165, 1.54) is 0 Å². The molecule has 0 fully saturated rings. The van der Waals surface area contributed by atoms with Gasteiger partial charge in [0.15, 0.2) is 22.7 Å². The summed E-state index contributed by atoms with van der Waals surface area (Å²) in [7, 11) is 1.83. The fourth-order valence-electron chi connectivity index (χ4n) is 1.26. The van der Waals surface area contributed by atoms with Crippen molar-refractivity contribution in [1.29, 1.82) is 0 Å². The maximum atomic E-state index is 11.5. The van der Waals surface area contributed by atoms with Crippen molar-refractivity contribution < 1.29 is 38.9 Å². The monoisotopic (exact) mass is 256 g/mol. The molecule has 0 atom stereocenters. The molecule has 0 unspecified atom stereocenters. The zero-order valence-electron chi connectivity index (χ0n) is 9.34. The van der Waals surface area contributed by atoms with E-state index in [4.69, 9.17) is 0 Å². The molecule has 0 saturated carbocycles. The molecular weight excluding hydrogens is 248 g/mol. The highest BCUT2D eigenvalue weighted by Crippen LogP contribution is 2.23. The molecule has 1 rings (SSSR count). The molecule has 2 N–H and O–H groups in total. The molecule has 0 heterocycles. The number of aliphatic hydroxyl groups is 2. The fraction of sp³-hybridized carbons (Fsp3) is 0.200. The van der Waals surface area contributed by atoms with E-state index in [1.54, 1.807) is 0 Å². The Labute approximate surface area is 100 Å². The molecule has 0 aromatic rings. The van der Waals surface area contributed by atoms with Crippen LogP contribution in [0.4, 0.5) is 0 Å². The van der Waals surface area contributed by atoms with Gasteiger partial charge in [-0.1, -0.05) is 0 Å². The molecule has 0 bridgehead atoms. The summed E-state index contributed by atoms with van der Waals surface area (Å²) in [6.45, 7) is 0. The lowest BCUT2D eigenvalue weighted by Crippen LogP contribution is -2.32. The van der Waals surface area contributed by atoms with Gasteiger partial charge in [-0.2, -0.15) is 0 Å². The number of Topliss-reactive ketones (excluding diaryl/α,β-unsaturated/α-hetero) is 2. The van der Waals surface area contributed by atoms with Gasteiger partial charge in [0.05, 0.1) is 14.2 Å². The number of hydrogen-bond acceptors (Lipinski definition) is 8. The van der Waals surface area contributed by atoms with Gasteiger partial charge in [-0.15, -0.1) is 0 Å². The molecule has 1 aliphatic rings. The number of ether oxygens (including phenoxy) is 2. The zero-order chi connectivity index (χ0) is 14.0. The molecular formula is C10H8O8. The lowest BCUT2D eigenvalue weighted by molar-refractivity contribution is -0.142. The van der Waals surface area contributed by atoms with Crippen molar-refractivity contribution in [2.24, 2.45) is 0 Å². The first-order valence-corrected chi connectivity index (χ1v) is 4.49. The first-order valence-electron chi connectivity index (χ1n) is 4.49. The normalized spacial score (nSPS) is 15.9. The summed E-state index contributed by atoms with van der Waals surface area (Å²) in [6.07, 6.45) is 0. The molecule has 1 aliphatic carbocycles. The fourth-order valence-corrected chi connectivity index (χ4v) is 1.26. The smallest absolute Gasteiger partial charge is 0.345 e. The van der Waals surface area contributed by atoms with Crippen molar-refractivity contribution in [3.05, 3.63) is 22.7 Å². The van der Waals surface area contributed by atoms with Crippen molar-refractivity contribution in [3.63, 3.8) is 0 Å². The van der Waals surface area contributed by atoms with Crippen LogP contribution >= 0.6 is 0 Å². The highest BCUT2D eigenvalue weighted by molar-refractivity contribution is 6.38. The second-order valence-corrected chi connectivity index (χ2v) is 3.09. The molecule has 8 heteroatoms. The van der Waals surface area contributed by atoms with Gasteiger partial charge in [-0.05, 0) is 0 Å². The van der Waals surface area contributed by atoms with Crippen LogP contribution in [0.5, 0.6) is 0 Å². The van der Waals surface area contributed by atoms with E-state index in [9.17, 15) is 29.4 Å². The largest absolute Gasteiger partial charge is 0.503 e. The molecule has 18 heavy (non-hydrogen) atoms. The van der Waals surface area contributed by atoms with Gasteiger partial charge >= 0.3 is 11.9 Å². The molecule has 0 saturated heterocycles. The Bertz CT molecular complexity index is 474. The molecule has 0 aromatic carbocycles. The lowest BCUT2D eigenvalue weighted by Gasteiger charge is -2.14. The van der Waals surface area contributed by atoms with Crippen LogP contribution in [-0.2, 0) is 28.7 Å². The number of ketones is 2. The first-order chi connectivity index (χ1) is 8.36. The Morgan fingerprint density at radius 1 is 0.833 bits per heavy atom. The number of carbonyl (C=O) groups is 4. The summed E-state index contributed by atoms with van der Waals surface area (Å²) in [5.74, 6) is -7.93. The predicted molar refractivity (Wildman–Crippen MR) is 53.4 cm³/mol. The Balaban J connectivity index is 3.41. The van der Waals surface area contributed by atoms with Gasteiger partial charge in [0.2, 0.25) is 11.6 Å². The van der Waals surface area contributed by atoms with Gasteiger partial charge in [-0.25, -0.2) is 9.59 Å². The summed E-state index contributed by atoms with van der Waals surface area (Å²) in [4.78, 5) is 45.4. The number of carbonyl (C=O) groups excluding carboxylic acids is 4. The average molecular weight is 256 g/mol. The van der Waals surface area contributed by atoms with Gasteiger partial charge in [0, 0.05) is 0 Å². The first kappa shape index (κ1) is 13.4. The minimum Gasteiger partial charge on any atom is -0.503 e. The van der Waals surface area contributed by atoms with Crippen molar-refractivity contribution in [2.75, 3.05) is 14.2 Å². The lowest BCUT2D eigenvalue weighted by atomic mass is 9.93. The number of hydrogen-bond donors (Lipinski definition) is 2. The average Bonchev–Trinajstić information content (AvgIpc) is 2.36. The van der Waals surface area contributed by atoms with E-state index in [1.807, 2.05) is 0 Å². The second kappa shape index (κ2) is 4.70. The number of methoxy groups -OCH3 is 2. The molecule has 8 nitrogen and oxygen atoms in total. The van der Waals surface area contributed by atoms with Gasteiger partial charge in [0.1, 0.15) is 0 Å². The van der Waals surface area contributed by atoms with Gasteiger partial charge in [-0.3, -0.25) is 9.59 Å². The molecule has 0 aliphatic heterocycles. The highest BCUT2D eigenvalue weighted by Gasteiger charge is 2.42. The SMILES string of the molecule is COC(=O)C1=C(O)C(=O)C(C(=O)OC)=C(O)C1=O.